The summed E-state index contributed by atoms with van der Waals surface area (Å²) >= 11 is 0. The van der Waals surface area contributed by atoms with Crippen LogP contribution in [0, 0.1) is 0 Å². The Morgan fingerprint density at radius 1 is 1.00 bits per heavy atom. The van der Waals surface area contributed by atoms with E-state index in [1.807, 2.05) is 25.1 Å². The van der Waals surface area contributed by atoms with Gasteiger partial charge in [0.2, 0.25) is 0 Å². The van der Waals surface area contributed by atoms with Crippen molar-refractivity contribution in [3.63, 3.8) is 0 Å². The summed E-state index contributed by atoms with van der Waals surface area (Å²) in [7, 11) is -2.23. The lowest BCUT2D eigenvalue weighted by Crippen LogP contribution is -2.08. The van der Waals surface area contributed by atoms with Gasteiger partial charge in [-0.3, -0.25) is 0 Å². The summed E-state index contributed by atoms with van der Waals surface area (Å²) in [6.45, 7) is 5.33. The number of carbonyl (C=O) groups is 1. The van der Waals surface area contributed by atoms with E-state index < -0.39 is 16.1 Å². The average molecular weight is 537 g/mol. The average Bonchev–Trinajstić information content (AvgIpc) is 2.84. The first-order chi connectivity index (χ1) is 17.7. The number of rotatable bonds is 17. The first kappa shape index (κ1) is 30.0. The first-order valence-corrected chi connectivity index (χ1v) is 13.9. The molecule has 1 atom stereocenters. The maximum atomic E-state index is 11.4. The third-order valence-electron chi connectivity index (χ3n) is 5.19. The number of carboxylic acids is 1. The van der Waals surface area contributed by atoms with Gasteiger partial charge in [0.15, 0.2) is 23.0 Å². The lowest BCUT2D eigenvalue weighted by molar-refractivity contribution is -0.131. The van der Waals surface area contributed by atoms with Crippen molar-refractivity contribution in [1.29, 1.82) is 0 Å². The number of unbranched alkanes of at least 4 members (excludes halogenated alkanes) is 1. The summed E-state index contributed by atoms with van der Waals surface area (Å²) in [5.41, 5.74) is 1.74. The normalized spacial score (nSPS) is 12.3. The third kappa shape index (κ3) is 10.7. The fraction of sp³-hybridized carbons (Fsp3) is 0.444. The summed E-state index contributed by atoms with van der Waals surface area (Å²) in [6.07, 6.45) is 6.16. The summed E-state index contributed by atoms with van der Waals surface area (Å²) < 4.78 is 51.0. The molecule has 2 aromatic carbocycles. The Morgan fingerprint density at radius 3 is 2.38 bits per heavy atom. The Kier molecular flexibility index (Phi) is 12.2. The number of methoxy groups -OCH3 is 1. The predicted octanol–water partition coefficient (Wildman–Crippen LogP) is 4.94. The highest BCUT2D eigenvalue weighted by Gasteiger charge is 2.16. The van der Waals surface area contributed by atoms with E-state index >= 15 is 0 Å². The molecule has 0 aliphatic rings. The Bertz CT molecular complexity index is 1140. The van der Waals surface area contributed by atoms with Crippen LogP contribution in [0.25, 0.3) is 0 Å². The molecule has 0 amide bonds. The molecule has 0 heterocycles. The second-order valence-corrected chi connectivity index (χ2v) is 9.77. The maximum absolute atomic E-state index is 11.4. The van der Waals surface area contributed by atoms with Gasteiger partial charge in [-0.2, -0.15) is 8.42 Å². The Labute approximate surface area is 219 Å². The van der Waals surface area contributed by atoms with Gasteiger partial charge in [0, 0.05) is 19.1 Å². The Hall–Kier alpha value is -3.24. The van der Waals surface area contributed by atoms with Crippen molar-refractivity contribution < 1.29 is 41.4 Å². The topological polar surface area (TPSA) is 118 Å². The van der Waals surface area contributed by atoms with Gasteiger partial charge in [0.25, 0.3) is 0 Å². The van der Waals surface area contributed by atoms with Gasteiger partial charge in [-0.25, -0.2) is 4.79 Å². The maximum Gasteiger partial charge on any atom is 0.327 e. The molecule has 0 saturated heterocycles. The second-order valence-electron chi connectivity index (χ2n) is 8.20. The Morgan fingerprint density at radius 2 is 1.73 bits per heavy atom. The van der Waals surface area contributed by atoms with Gasteiger partial charge < -0.3 is 28.2 Å². The molecule has 0 aliphatic carbocycles. The van der Waals surface area contributed by atoms with Crippen LogP contribution in [0.4, 0.5) is 0 Å². The number of aliphatic carboxylic acids is 1. The summed E-state index contributed by atoms with van der Waals surface area (Å²) in [4.78, 5) is 10.8. The molecule has 0 spiro atoms. The summed E-state index contributed by atoms with van der Waals surface area (Å²) in [5.74, 6) is 0.610. The van der Waals surface area contributed by atoms with Crippen molar-refractivity contribution in [2.45, 2.75) is 45.6 Å². The first-order valence-electron chi connectivity index (χ1n) is 12.1. The molecule has 10 heteroatoms. The molecule has 0 aromatic heterocycles. The molecule has 1 unspecified atom stereocenters. The van der Waals surface area contributed by atoms with Gasteiger partial charge in [-0.1, -0.05) is 31.6 Å². The van der Waals surface area contributed by atoms with Gasteiger partial charge >= 0.3 is 16.1 Å². The molecule has 9 nitrogen and oxygen atoms in total. The number of hydrogen-bond acceptors (Lipinski definition) is 8. The largest absolute Gasteiger partial charge is 0.493 e. The fourth-order valence-corrected chi connectivity index (χ4v) is 3.92. The van der Waals surface area contributed by atoms with Crippen molar-refractivity contribution in [2.24, 2.45) is 0 Å². The SMILES string of the molecule is CCCCOc1cc(C(CC=CC(=O)O)OCC)ccc1OCCc1ccc(OS(C)(=O)=O)c(OC)c1. The van der Waals surface area contributed by atoms with Gasteiger partial charge in [0.05, 0.1) is 32.7 Å². The molecule has 0 aliphatic heterocycles. The summed E-state index contributed by atoms with van der Waals surface area (Å²) in [6, 6.07) is 10.6. The van der Waals surface area contributed by atoms with Gasteiger partial charge in [-0.05, 0) is 55.2 Å². The number of carboxylic acid groups (broad SMARTS) is 1. The van der Waals surface area contributed by atoms with Crippen LogP contribution in [0.2, 0.25) is 0 Å². The number of benzene rings is 2. The van der Waals surface area contributed by atoms with Crippen LogP contribution >= 0.6 is 0 Å². The minimum absolute atomic E-state index is 0.124. The smallest absolute Gasteiger partial charge is 0.327 e. The van der Waals surface area contributed by atoms with Gasteiger partial charge in [0.1, 0.15) is 0 Å². The lowest BCUT2D eigenvalue weighted by Gasteiger charge is -2.19. The number of ether oxygens (including phenoxy) is 4. The monoisotopic (exact) mass is 536 g/mol. The fourth-order valence-electron chi connectivity index (χ4n) is 3.46. The van der Waals surface area contributed by atoms with Crippen molar-refractivity contribution in [2.75, 3.05) is 33.2 Å². The van der Waals surface area contributed by atoms with Crippen molar-refractivity contribution in [3.8, 4) is 23.0 Å². The van der Waals surface area contributed by atoms with E-state index in [9.17, 15) is 13.2 Å². The zero-order chi connectivity index (χ0) is 27.3. The van der Waals surface area contributed by atoms with Gasteiger partial charge in [-0.15, -0.1) is 0 Å². The highest BCUT2D eigenvalue weighted by molar-refractivity contribution is 7.86. The van der Waals surface area contributed by atoms with Crippen LogP contribution in [-0.2, 0) is 26.1 Å². The predicted molar refractivity (Wildman–Crippen MR) is 140 cm³/mol. The van der Waals surface area contributed by atoms with Crippen LogP contribution in [-0.4, -0.2) is 52.7 Å². The van der Waals surface area contributed by atoms with E-state index in [1.165, 1.54) is 7.11 Å². The van der Waals surface area contributed by atoms with E-state index in [-0.39, 0.29) is 11.9 Å². The second kappa shape index (κ2) is 15.1. The molecular weight excluding hydrogens is 500 g/mol. The molecule has 2 aromatic rings. The molecule has 2 rings (SSSR count). The quantitative estimate of drug-likeness (QED) is 0.170. The van der Waals surface area contributed by atoms with E-state index in [2.05, 4.69) is 6.92 Å². The zero-order valence-corrected chi connectivity index (χ0v) is 22.6. The van der Waals surface area contributed by atoms with E-state index in [1.54, 1.807) is 24.3 Å². The number of hydrogen-bond donors (Lipinski definition) is 1. The molecule has 0 radical (unpaired) electrons. The van der Waals surface area contributed by atoms with Crippen LogP contribution in [0.1, 0.15) is 50.3 Å². The molecule has 204 valence electrons. The lowest BCUT2D eigenvalue weighted by atomic mass is 10.1. The molecule has 0 bridgehead atoms. The van der Waals surface area contributed by atoms with Crippen LogP contribution in [0.3, 0.4) is 0 Å². The van der Waals surface area contributed by atoms with Crippen LogP contribution in [0.15, 0.2) is 48.6 Å². The minimum atomic E-state index is -3.67. The highest BCUT2D eigenvalue weighted by atomic mass is 32.2. The van der Waals surface area contributed by atoms with E-state index in [0.717, 1.165) is 36.3 Å². The molecule has 37 heavy (non-hydrogen) atoms. The van der Waals surface area contributed by atoms with E-state index in [0.29, 0.717) is 49.9 Å². The van der Waals surface area contributed by atoms with Crippen molar-refractivity contribution in [3.05, 3.63) is 59.7 Å². The molecular formula is C27H36O9S. The van der Waals surface area contributed by atoms with E-state index in [4.69, 9.17) is 28.2 Å². The van der Waals surface area contributed by atoms with Crippen LogP contribution in [0.5, 0.6) is 23.0 Å². The minimum Gasteiger partial charge on any atom is -0.493 e. The third-order valence-corrected chi connectivity index (χ3v) is 5.67. The van der Waals surface area contributed by atoms with Crippen LogP contribution < -0.4 is 18.4 Å². The Balaban J connectivity index is 2.16. The van der Waals surface area contributed by atoms with Crippen molar-refractivity contribution in [1.82, 2.24) is 0 Å². The molecule has 0 fully saturated rings. The molecule has 1 N–H and O–H groups in total. The summed E-state index contributed by atoms with van der Waals surface area (Å²) in [5, 5.41) is 8.88. The standard InChI is InChI=1S/C27H36O9S/c1-5-7-16-34-26-19-21(22(33-6-2)9-8-10-27(28)29)12-14-23(26)35-17-15-20-11-13-24(25(18-20)32-3)36-37(4,30)31/h8,10-14,18-19,22H,5-7,9,15-17H2,1-4H3,(H,28,29). The van der Waals surface area contributed by atoms with Crippen molar-refractivity contribution >= 4 is 16.1 Å². The zero-order valence-electron chi connectivity index (χ0n) is 21.8. The highest BCUT2D eigenvalue weighted by Crippen LogP contribution is 2.34. The molecule has 0 saturated carbocycles.